The molecule has 1 aromatic rings. The molecule has 0 spiro atoms. The van der Waals surface area contributed by atoms with Gasteiger partial charge in [-0.25, -0.2) is 5.09 Å². The van der Waals surface area contributed by atoms with Gasteiger partial charge in [-0.15, -0.1) is 0 Å². The number of hydrogen-bond acceptors (Lipinski definition) is 1. The molecule has 1 nitrogen and oxygen atoms in total. The Morgan fingerprint density at radius 2 is 2.57 bits per heavy atom. The summed E-state index contributed by atoms with van der Waals surface area (Å²) < 4.78 is 0. The Balaban J connectivity index is 2.76. The van der Waals surface area contributed by atoms with E-state index in [-0.39, 0.29) is 7.04 Å². The lowest BCUT2D eigenvalue weighted by molar-refractivity contribution is 1.77. The van der Waals surface area contributed by atoms with Gasteiger partial charge in [-0.2, -0.15) is 0 Å². The Morgan fingerprint density at radius 1 is 1.71 bits per heavy atom. The largest absolute Gasteiger partial charge is 0.235 e. The third kappa shape index (κ3) is 2.03. The minimum Gasteiger partial charge on any atom is -0.223 e. The van der Waals surface area contributed by atoms with E-state index in [1.165, 1.54) is 7.55 Å². The van der Waals surface area contributed by atoms with Crippen LogP contribution in [0.4, 0.5) is 0 Å². The van der Waals surface area contributed by atoms with Crippen LogP contribution in [0.3, 0.4) is 0 Å². The van der Waals surface area contributed by atoms with E-state index in [0.29, 0.717) is 0 Å². The van der Waals surface area contributed by atoms with Crippen LogP contribution in [0, 0.1) is 0 Å². The Bertz CT molecular complexity index is 123. The van der Waals surface area contributed by atoms with E-state index in [0.717, 1.165) is 0 Å². The smallest absolute Gasteiger partial charge is 0.223 e. The molecule has 0 aliphatic rings. The van der Waals surface area contributed by atoms with Crippen molar-refractivity contribution in [2.24, 2.45) is 0 Å². The molecule has 0 bridgehead atoms. The highest BCUT2D eigenvalue weighted by Gasteiger charge is 1.95. The standard InChI is InChI=1S/CH5NP5/c1-2-7-5-3-4-6-7/h2,5H,1H3/q+1. The van der Waals surface area contributed by atoms with Crippen LogP contribution in [-0.4, -0.2) is 7.05 Å². The third-order valence-corrected chi connectivity index (χ3v) is 22.2. The van der Waals surface area contributed by atoms with Crippen molar-refractivity contribution in [3.63, 3.8) is 0 Å². The highest BCUT2D eigenvalue weighted by Crippen LogP contribution is 2.58. The van der Waals surface area contributed by atoms with E-state index in [2.05, 4.69) is 12.1 Å². The van der Waals surface area contributed by atoms with Gasteiger partial charge < -0.3 is 0 Å². The SMILES string of the molecule is CN[p+]1ppp[pH]1. The summed E-state index contributed by atoms with van der Waals surface area (Å²) in [5.74, 6) is 0. The molecule has 2 unspecified atom stereocenters. The van der Waals surface area contributed by atoms with Gasteiger partial charge in [-0.3, -0.25) is 0 Å². The predicted octanol–water partition coefficient (Wildman–Crippen LogP) is 3.90. The first kappa shape index (κ1) is 6.58. The van der Waals surface area contributed by atoms with Crippen LogP contribution in [0.1, 0.15) is 0 Å². The molecule has 2 atom stereocenters. The van der Waals surface area contributed by atoms with E-state index in [1.54, 1.807) is 22.6 Å². The van der Waals surface area contributed by atoms with Crippen molar-refractivity contribution in [1.29, 1.82) is 0 Å². The fraction of sp³-hybridized carbons (Fsp3) is 1.00. The summed E-state index contributed by atoms with van der Waals surface area (Å²) in [6.45, 7) is 0. The summed E-state index contributed by atoms with van der Waals surface area (Å²) in [5.41, 5.74) is 0. The first-order valence-electron chi connectivity index (χ1n) is 1.77. The second kappa shape index (κ2) is 3.48. The van der Waals surface area contributed by atoms with Gasteiger partial charge >= 0.3 is 0 Å². The normalized spacial score (nSPS) is 16.4. The minimum absolute atomic E-state index is 0.282. The second-order valence-corrected chi connectivity index (χ2v) is 15.5. The first-order chi connectivity index (χ1) is 3.43. The third-order valence-electron chi connectivity index (χ3n) is 0.525. The van der Waals surface area contributed by atoms with Crippen molar-refractivity contribution in [2.45, 2.75) is 0 Å². The molecule has 0 saturated heterocycles. The van der Waals surface area contributed by atoms with Crippen LogP contribution in [-0.2, 0) is 0 Å². The molecule has 1 aromatic heterocycles. The first-order valence-corrected chi connectivity index (χ1v) is 10.6. The van der Waals surface area contributed by atoms with Crippen LogP contribution in [0.15, 0.2) is 0 Å². The van der Waals surface area contributed by atoms with E-state index in [1.807, 2.05) is 0 Å². The average molecular weight is 186 g/mol. The van der Waals surface area contributed by atoms with Crippen molar-refractivity contribution in [3.05, 3.63) is 0 Å². The van der Waals surface area contributed by atoms with Crippen molar-refractivity contribution >= 4 is 37.2 Å². The fourth-order valence-corrected chi connectivity index (χ4v) is 30.3. The molecular weight excluding hydrogens is 181 g/mol. The summed E-state index contributed by atoms with van der Waals surface area (Å²) >= 11 is 0. The molecule has 7 heavy (non-hydrogen) atoms. The Kier molecular flexibility index (Phi) is 3.27. The molecule has 38 valence electrons. The second-order valence-electron chi connectivity index (χ2n) is 0.914. The van der Waals surface area contributed by atoms with E-state index >= 15 is 0 Å². The Morgan fingerprint density at radius 3 is 2.86 bits per heavy atom. The molecule has 0 saturated carbocycles. The topological polar surface area (TPSA) is 12.0 Å². The van der Waals surface area contributed by atoms with Crippen LogP contribution >= 0.6 is 37.2 Å². The predicted molar refractivity (Wildman–Crippen MR) is 45.9 cm³/mol. The number of hydrogen-bond donors (Lipinski definition) is 1. The maximum Gasteiger partial charge on any atom is 0.235 e. The van der Waals surface area contributed by atoms with Crippen molar-refractivity contribution in [2.75, 3.05) is 12.1 Å². The van der Waals surface area contributed by atoms with Crippen molar-refractivity contribution in [1.82, 2.24) is 0 Å². The monoisotopic (exact) mass is 186 g/mol. The summed E-state index contributed by atoms with van der Waals surface area (Å²) in [5, 5.41) is 3.31. The Labute approximate surface area is 49.9 Å². The van der Waals surface area contributed by atoms with E-state index < -0.39 is 0 Å². The van der Waals surface area contributed by atoms with Crippen LogP contribution in [0.2, 0.25) is 0 Å². The quantitative estimate of drug-likeness (QED) is 0.700. The zero-order valence-electron chi connectivity index (χ0n) is 3.79. The lowest BCUT2D eigenvalue weighted by Gasteiger charge is -1.75. The van der Waals surface area contributed by atoms with E-state index in [4.69, 9.17) is 0 Å². The lowest BCUT2D eigenvalue weighted by atomic mass is 11.6. The van der Waals surface area contributed by atoms with Gasteiger partial charge in [0.15, 0.2) is 7.55 Å². The number of rotatable bonds is 1. The fourth-order valence-electron chi connectivity index (χ4n) is 0.237. The summed E-state index contributed by atoms with van der Waals surface area (Å²) in [4.78, 5) is 0. The summed E-state index contributed by atoms with van der Waals surface area (Å²) in [6, 6.07) is 0. The summed E-state index contributed by atoms with van der Waals surface area (Å²) in [6.07, 6.45) is 0. The van der Waals surface area contributed by atoms with Crippen molar-refractivity contribution < 1.29 is 0 Å². The van der Waals surface area contributed by atoms with Gasteiger partial charge in [-0.05, 0) is 0 Å². The molecule has 0 aliphatic carbocycles. The molecule has 1 heterocycles. The zero-order valence-corrected chi connectivity index (χ0v) is 8.37. The van der Waals surface area contributed by atoms with Gasteiger partial charge in [0.25, 0.3) is 0 Å². The molecule has 0 amide bonds. The van der Waals surface area contributed by atoms with Gasteiger partial charge in [-0.1, -0.05) is 0 Å². The zero-order chi connectivity index (χ0) is 5.11. The van der Waals surface area contributed by atoms with E-state index in [9.17, 15) is 0 Å². The lowest BCUT2D eigenvalue weighted by Crippen LogP contribution is -1.69. The highest BCUT2D eigenvalue weighted by atomic mass is 32.6. The maximum absolute atomic E-state index is 3.31. The summed E-state index contributed by atoms with van der Waals surface area (Å²) in [7, 11) is 8.48. The van der Waals surface area contributed by atoms with Crippen LogP contribution in [0.25, 0.3) is 0 Å². The molecule has 6 heteroatoms. The molecule has 1 N–H and O–H groups in total. The number of nitrogens with one attached hydrogen (secondary N) is 1. The Hall–Kier alpha value is 1.46. The van der Waals surface area contributed by atoms with Gasteiger partial charge in [0, 0.05) is 7.05 Å². The molecule has 0 aliphatic heterocycles. The molecule has 1 rings (SSSR count). The van der Waals surface area contributed by atoms with Crippen molar-refractivity contribution in [3.8, 4) is 0 Å². The van der Waals surface area contributed by atoms with Crippen LogP contribution in [0.5, 0.6) is 0 Å². The highest BCUT2D eigenvalue weighted by molar-refractivity contribution is 8.60. The molecular formula is CH5NP5+. The van der Waals surface area contributed by atoms with Gasteiger partial charge in [0.1, 0.15) is 7.04 Å². The maximum atomic E-state index is 3.31. The van der Waals surface area contributed by atoms with Crippen LogP contribution < -0.4 is 5.09 Å². The van der Waals surface area contributed by atoms with Gasteiger partial charge in [0.2, 0.25) is 15.1 Å². The molecule has 0 radical (unpaired) electrons. The van der Waals surface area contributed by atoms with Gasteiger partial charge in [0.05, 0.1) is 7.55 Å². The molecule has 0 fully saturated rings. The average Bonchev–Trinajstić information content (AvgIpc) is 2.14. The molecule has 0 aromatic carbocycles. The minimum atomic E-state index is 0.282.